The molecule has 1 rings (SSSR count). The molecular weight excluding hydrogens is 216 g/mol. The molecule has 3 N–H and O–H groups in total. The SMILES string of the molecule is CC(C)(C)[Si](C)(C)OCC1(C(=N)N)CCC1. The van der Waals surface area contributed by atoms with E-state index in [4.69, 9.17) is 15.6 Å². The van der Waals surface area contributed by atoms with Gasteiger partial charge in [0.05, 0.1) is 5.84 Å². The van der Waals surface area contributed by atoms with Crippen molar-refractivity contribution in [3.05, 3.63) is 0 Å². The van der Waals surface area contributed by atoms with Gasteiger partial charge in [0.1, 0.15) is 0 Å². The molecule has 3 nitrogen and oxygen atoms in total. The molecular formula is C12H26N2OSi. The van der Waals surface area contributed by atoms with Crippen molar-refractivity contribution in [3.8, 4) is 0 Å². The van der Waals surface area contributed by atoms with Crippen LogP contribution in [0.1, 0.15) is 40.0 Å². The average Bonchev–Trinajstić information content (AvgIpc) is 1.98. The minimum Gasteiger partial charge on any atom is -0.416 e. The van der Waals surface area contributed by atoms with E-state index in [0.29, 0.717) is 12.4 Å². The van der Waals surface area contributed by atoms with Gasteiger partial charge in [0, 0.05) is 12.0 Å². The molecule has 0 saturated heterocycles. The standard InChI is InChI=1S/C12H26N2OSi/c1-11(2,3)16(4,5)15-9-12(10(13)14)7-6-8-12/h6-9H2,1-5H3,(H3,13,14). The van der Waals surface area contributed by atoms with Crippen molar-refractivity contribution in [2.75, 3.05) is 6.61 Å². The minimum atomic E-state index is -1.70. The van der Waals surface area contributed by atoms with Gasteiger partial charge in [0.2, 0.25) is 0 Å². The van der Waals surface area contributed by atoms with Crippen LogP contribution in [-0.4, -0.2) is 20.8 Å². The summed E-state index contributed by atoms with van der Waals surface area (Å²) in [4.78, 5) is 0. The van der Waals surface area contributed by atoms with Gasteiger partial charge in [-0.1, -0.05) is 27.2 Å². The molecule has 0 amide bonds. The van der Waals surface area contributed by atoms with Gasteiger partial charge < -0.3 is 10.2 Å². The van der Waals surface area contributed by atoms with Gasteiger partial charge in [0.25, 0.3) is 0 Å². The van der Waals surface area contributed by atoms with E-state index in [1.165, 1.54) is 6.42 Å². The van der Waals surface area contributed by atoms with Crippen LogP contribution in [0, 0.1) is 10.8 Å². The molecule has 0 aromatic carbocycles. The van der Waals surface area contributed by atoms with Gasteiger partial charge in [-0.2, -0.15) is 0 Å². The number of nitrogens with one attached hydrogen (secondary N) is 1. The van der Waals surface area contributed by atoms with Crippen molar-refractivity contribution in [2.24, 2.45) is 11.1 Å². The lowest BCUT2D eigenvalue weighted by Crippen LogP contribution is -2.50. The van der Waals surface area contributed by atoms with Crippen molar-refractivity contribution in [1.29, 1.82) is 5.41 Å². The van der Waals surface area contributed by atoms with E-state index >= 15 is 0 Å². The summed E-state index contributed by atoms with van der Waals surface area (Å²) >= 11 is 0. The molecule has 1 saturated carbocycles. The van der Waals surface area contributed by atoms with Crippen LogP contribution in [0.2, 0.25) is 18.1 Å². The number of amidine groups is 1. The van der Waals surface area contributed by atoms with E-state index < -0.39 is 8.32 Å². The molecule has 0 aromatic heterocycles. The Labute approximate surface area is 100 Å². The molecule has 1 aliphatic rings. The maximum Gasteiger partial charge on any atom is 0.192 e. The minimum absolute atomic E-state index is 0.129. The average molecular weight is 242 g/mol. The molecule has 0 aromatic rings. The molecule has 0 atom stereocenters. The van der Waals surface area contributed by atoms with Crippen LogP contribution in [0.4, 0.5) is 0 Å². The fraction of sp³-hybridized carbons (Fsp3) is 0.917. The van der Waals surface area contributed by atoms with E-state index in [9.17, 15) is 0 Å². The maximum atomic E-state index is 7.68. The lowest BCUT2D eigenvalue weighted by Gasteiger charge is -2.45. The summed E-state index contributed by atoms with van der Waals surface area (Å²) in [7, 11) is -1.70. The first-order valence-corrected chi connectivity index (χ1v) is 9.00. The van der Waals surface area contributed by atoms with Crippen LogP contribution in [0.25, 0.3) is 0 Å². The molecule has 94 valence electrons. The summed E-state index contributed by atoms with van der Waals surface area (Å²) in [6.07, 6.45) is 3.23. The van der Waals surface area contributed by atoms with Crippen LogP contribution < -0.4 is 5.73 Å². The molecule has 0 aliphatic heterocycles. The Bertz CT molecular complexity index is 277. The smallest absolute Gasteiger partial charge is 0.192 e. The molecule has 0 unspecified atom stereocenters. The summed E-state index contributed by atoms with van der Waals surface area (Å²) in [6, 6.07) is 0. The van der Waals surface area contributed by atoms with Crippen molar-refractivity contribution in [3.63, 3.8) is 0 Å². The largest absolute Gasteiger partial charge is 0.416 e. The Morgan fingerprint density at radius 1 is 1.38 bits per heavy atom. The third-order valence-electron chi connectivity index (χ3n) is 4.40. The van der Waals surface area contributed by atoms with Crippen molar-refractivity contribution < 1.29 is 4.43 Å². The Hall–Kier alpha value is -0.353. The zero-order valence-corrected chi connectivity index (χ0v) is 12.3. The summed E-state index contributed by atoms with van der Waals surface area (Å²) in [6.45, 7) is 11.9. The van der Waals surface area contributed by atoms with Gasteiger partial charge in [-0.3, -0.25) is 5.41 Å². The third kappa shape index (κ3) is 2.48. The van der Waals surface area contributed by atoms with Crippen molar-refractivity contribution >= 4 is 14.2 Å². The highest BCUT2D eigenvalue weighted by atomic mass is 28.4. The maximum absolute atomic E-state index is 7.68. The summed E-state index contributed by atoms with van der Waals surface area (Å²) < 4.78 is 6.18. The van der Waals surface area contributed by atoms with Gasteiger partial charge in [-0.05, 0) is 31.0 Å². The first kappa shape index (κ1) is 13.7. The third-order valence-corrected chi connectivity index (χ3v) is 8.88. The highest BCUT2D eigenvalue weighted by Gasteiger charge is 2.44. The quantitative estimate of drug-likeness (QED) is 0.452. The molecule has 0 spiro atoms. The first-order valence-electron chi connectivity index (χ1n) is 6.09. The van der Waals surface area contributed by atoms with E-state index in [1.807, 2.05) is 0 Å². The monoisotopic (exact) mass is 242 g/mol. The van der Waals surface area contributed by atoms with E-state index in [2.05, 4.69) is 33.9 Å². The Morgan fingerprint density at radius 2 is 1.88 bits per heavy atom. The predicted octanol–water partition coefficient (Wildman–Crippen LogP) is 3.11. The Morgan fingerprint density at radius 3 is 2.12 bits per heavy atom. The van der Waals surface area contributed by atoms with Gasteiger partial charge in [-0.15, -0.1) is 0 Å². The topological polar surface area (TPSA) is 59.1 Å². The Balaban J connectivity index is 2.60. The number of hydrogen-bond acceptors (Lipinski definition) is 2. The van der Waals surface area contributed by atoms with Crippen LogP contribution in [-0.2, 0) is 4.43 Å². The highest BCUT2D eigenvalue weighted by molar-refractivity contribution is 6.74. The number of nitrogens with two attached hydrogens (primary N) is 1. The van der Waals surface area contributed by atoms with Crippen LogP contribution in [0.15, 0.2) is 0 Å². The molecule has 4 heteroatoms. The second-order valence-corrected chi connectivity index (χ2v) is 11.4. The predicted molar refractivity (Wildman–Crippen MR) is 71.3 cm³/mol. The molecule has 1 aliphatic carbocycles. The lowest BCUT2D eigenvalue weighted by molar-refractivity contribution is 0.114. The van der Waals surface area contributed by atoms with Crippen LogP contribution in [0.5, 0.6) is 0 Å². The van der Waals surface area contributed by atoms with E-state index in [1.54, 1.807) is 0 Å². The zero-order valence-electron chi connectivity index (χ0n) is 11.3. The summed E-state index contributed by atoms with van der Waals surface area (Å²) in [5.74, 6) is 0.317. The summed E-state index contributed by atoms with van der Waals surface area (Å²) in [5.41, 5.74) is 5.56. The van der Waals surface area contributed by atoms with Gasteiger partial charge in [-0.25, -0.2) is 0 Å². The van der Waals surface area contributed by atoms with Gasteiger partial charge >= 0.3 is 0 Å². The van der Waals surface area contributed by atoms with E-state index in [-0.39, 0.29) is 10.5 Å². The molecule has 1 fully saturated rings. The molecule has 0 bridgehead atoms. The highest BCUT2D eigenvalue weighted by Crippen LogP contribution is 2.44. The van der Waals surface area contributed by atoms with Crippen LogP contribution >= 0.6 is 0 Å². The first-order chi connectivity index (χ1) is 7.11. The Kier molecular flexibility index (Phi) is 3.55. The number of rotatable bonds is 4. The number of hydrogen-bond donors (Lipinski definition) is 2. The van der Waals surface area contributed by atoms with E-state index in [0.717, 1.165) is 12.8 Å². The second kappa shape index (κ2) is 4.15. The fourth-order valence-electron chi connectivity index (χ4n) is 1.63. The second-order valence-electron chi connectivity index (χ2n) is 6.60. The van der Waals surface area contributed by atoms with Crippen molar-refractivity contribution in [2.45, 2.75) is 58.2 Å². The van der Waals surface area contributed by atoms with Crippen LogP contribution in [0.3, 0.4) is 0 Å². The van der Waals surface area contributed by atoms with Crippen molar-refractivity contribution in [1.82, 2.24) is 0 Å². The lowest BCUT2D eigenvalue weighted by atomic mass is 9.68. The normalized spacial score (nSPS) is 20.3. The summed E-state index contributed by atoms with van der Waals surface area (Å²) in [5, 5.41) is 7.91. The molecule has 16 heavy (non-hydrogen) atoms. The molecule has 0 radical (unpaired) electrons. The zero-order chi connectivity index (χ0) is 12.6. The fourth-order valence-corrected chi connectivity index (χ4v) is 2.70. The molecule has 0 heterocycles. The van der Waals surface area contributed by atoms with Gasteiger partial charge in [0.15, 0.2) is 8.32 Å².